The Morgan fingerprint density at radius 1 is 0.971 bits per heavy atom. The number of aliphatic hydroxyl groups is 1. The lowest BCUT2D eigenvalue weighted by atomic mass is 9.96. The predicted octanol–water partition coefficient (Wildman–Crippen LogP) is 3.31. The van der Waals surface area contributed by atoms with E-state index in [4.69, 9.17) is 4.74 Å². The average Bonchev–Trinajstić information content (AvgIpc) is 2.91. The van der Waals surface area contributed by atoms with E-state index in [1.165, 1.54) is 0 Å². The normalized spacial score (nSPS) is 18.2. The fourth-order valence-corrected chi connectivity index (χ4v) is 4.80. The highest BCUT2D eigenvalue weighted by Crippen LogP contribution is 2.29. The lowest BCUT2D eigenvalue weighted by molar-refractivity contribution is -0.0395. The monoisotopic (exact) mass is 465 g/mol. The Balaban J connectivity index is 1.44. The predicted molar refractivity (Wildman–Crippen MR) is 132 cm³/mol. The molecule has 8 nitrogen and oxygen atoms in total. The van der Waals surface area contributed by atoms with Crippen LogP contribution in [0.4, 0.5) is 0 Å². The summed E-state index contributed by atoms with van der Waals surface area (Å²) in [6.07, 6.45) is 8.80. The number of pyridine rings is 1. The molecule has 0 bridgehead atoms. The van der Waals surface area contributed by atoms with Gasteiger partial charge in [0.2, 0.25) is 0 Å². The van der Waals surface area contributed by atoms with Crippen LogP contribution in [0.3, 0.4) is 0 Å². The first kappa shape index (κ1) is 21.5. The van der Waals surface area contributed by atoms with Crippen LogP contribution in [0.15, 0.2) is 78.4 Å². The maximum absolute atomic E-state index is 13.6. The topological polar surface area (TPSA) is 103 Å². The molecule has 4 heterocycles. The molecule has 1 aliphatic heterocycles. The Morgan fingerprint density at radius 3 is 2.63 bits per heavy atom. The lowest BCUT2D eigenvalue weighted by Crippen LogP contribution is -2.39. The number of ether oxygens (including phenoxy) is 1. The van der Waals surface area contributed by atoms with Crippen LogP contribution in [0, 0.1) is 0 Å². The molecule has 0 radical (unpaired) electrons. The summed E-state index contributed by atoms with van der Waals surface area (Å²) >= 11 is 0. The fourth-order valence-electron chi connectivity index (χ4n) is 4.80. The highest BCUT2D eigenvalue weighted by molar-refractivity contribution is 6.06. The second-order valence-electron chi connectivity index (χ2n) is 8.75. The summed E-state index contributed by atoms with van der Waals surface area (Å²) < 4.78 is 6.90. The minimum Gasteiger partial charge on any atom is -0.389 e. The summed E-state index contributed by atoms with van der Waals surface area (Å²) in [7, 11) is 0. The van der Waals surface area contributed by atoms with Gasteiger partial charge in [-0.2, -0.15) is 0 Å². The maximum Gasteiger partial charge on any atom is 0.261 e. The molecule has 1 N–H and O–H groups in total. The summed E-state index contributed by atoms with van der Waals surface area (Å²) in [6, 6.07) is 13.6. The van der Waals surface area contributed by atoms with Crippen LogP contribution in [-0.2, 0) is 11.2 Å². The summed E-state index contributed by atoms with van der Waals surface area (Å²) in [5, 5.41) is 12.9. The van der Waals surface area contributed by atoms with Gasteiger partial charge in [-0.15, -0.1) is 0 Å². The Labute approximate surface area is 200 Å². The van der Waals surface area contributed by atoms with Crippen LogP contribution in [-0.4, -0.2) is 48.9 Å². The van der Waals surface area contributed by atoms with Crippen molar-refractivity contribution in [2.75, 3.05) is 13.2 Å². The van der Waals surface area contributed by atoms with Gasteiger partial charge in [-0.3, -0.25) is 24.3 Å². The molecule has 5 aromatic rings. The van der Waals surface area contributed by atoms with Crippen molar-refractivity contribution in [3.8, 4) is 11.4 Å². The highest BCUT2D eigenvalue weighted by atomic mass is 16.5. The minimum absolute atomic E-state index is 0.149. The van der Waals surface area contributed by atoms with Gasteiger partial charge in [0.15, 0.2) is 0 Å². The Hall–Kier alpha value is -4.01. The summed E-state index contributed by atoms with van der Waals surface area (Å²) in [4.78, 5) is 31.2. The van der Waals surface area contributed by atoms with Crippen molar-refractivity contribution in [3.05, 3.63) is 95.1 Å². The van der Waals surface area contributed by atoms with Crippen molar-refractivity contribution in [1.82, 2.24) is 24.5 Å². The van der Waals surface area contributed by atoms with E-state index in [0.717, 1.165) is 33.3 Å². The minimum atomic E-state index is -0.737. The number of benzene rings is 2. The van der Waals surface area contributed by atoms with Gasteiger partial charge in [0.05, 0.1) is 47.9 Å². The maximum atomic E-state index is 13.6. The summed E-state index contributed by atoms with van der Waals surface area (Å²) in [5.74, 6) is 0. The molecule has 35 heavy (non-hydrogen) atoms. The van der Waals surface area contributed by atoms with Gasteiger partial charge in [-0.1, -0.05) is 30.3 Å². The van der Waals surface area contributed by atoms with E-state index in [1.54, 1.807) is 29.5 Å². The van der Waals surface area contributed by atoms with Gasteiger partial charge in [-0.25, -0.2) is 4.98 Å². The number of fused-ring (bicyclic) bond motifs is 3. The molecule has 174 valence electrons. The van der Waals surface area contributed by atoms with Gasteiger partial charge >= 0.3 is 0 Å². The average molecular weight is 466 g/mol. The Bertz CT molecular complexity index is 1570. The first-order valence-corrected chi connectivity index (χ1v) is 11.6. The first-order valence-electron chi connectivity index (χ1n) is 11.6. The second kappa shape index (κ2) is 8.98. The molecule has 0 aliphatic carbocycles. The lowest BCUT2D eigenvalue weighted by Gasteiger charge is -2.29. The molecule has 0 spiro atoms. The summed E-state index contributed by atoms with van der Waals surface area (Å²) in [5.41, 5.74) is 4.04. The summed E-state index contributed by atoms with van der Waals surface area (Å²) in [6.45, 7) is 0.725. The van der Waals surface area contributed by atoms with E-state index in [0.29, 0.717) is 30.4 Å². The van der Waals surface area contributed by atoms with Crippen LogP contribution < -0.4 is 5.56 Å². The van der Waals surface area contributed by atoms with Crippen LogP contribution >= 0.6 is 0 Å². The second-order valence-corrected chi connectivity index (χ2v) is 8.75. The molecular formula is C27H23N5O3. The number of aliphatic hydroxyl groups excluding tert-OH is 1. The SMILES string of the molecule is O=c1c2cc(Cc3ccc(-c4cnccn4)nc3)c3ccccc3c2ncn1[C@H]1CCOC[C@@H]1O. The standard InChI is InChI=1S/C27H23N5O3/c33-25-15-35-10-7-24(25)32-16-31-26-20-4-2-1-3-19(20)18(12-21(26)27(32)34)11-17-5-6-22(30-13-17)23-14-28-8-9-29-23/h1-6,8-9,12-14,16,24-25,33H,7,10-11,15H2/t24-,25-/m0/s1. The molecule has 8 heteroatoms. The molecule has 3 aromatic heterocycles. The van der Waals surface area contributed by atoms with E-state index in [-0.39, 0.29) is 18.2 Å². The third-order valence-corrected chi connectivity index (χ3v) is 6.57. The third kappa shape index (κ3) is 3.96. The van der Waals surface area contributed by atoms with E-state index < -0.39 is 6.10 Å². The molecule has 0 saturated carbocycles. The van der Waals surface area contributed by atoms with E-state index in [9.17, 15) is 9.90 Å². The van der Waals surface area contributed by atoms with Crippen LogP contribution in [0.2, 0.25) is 0 Å². The van der Waals surface area contributed by atoms with Crippen LogP contribution in [0.5, 0.6) is 0 Å². The van der Waals surface area contributed by atoms with Crippen LogP contribution in [0.1, 0.15) is 23.6 Å². The number of rotatable bonds is 4. The molecule has 0 unspecified atom stereocenters. The van der Waals surface area contributed by atoms with Crippen molar-refractivity contribution in [2.24, 2.45) is 0 Å². The zero-order valence-electron chi connectivity index (χ0n) is 18.9. The molecule has 1 saturated heterocycles. The number of hydrogen-bond acceptors (Lipinski definition) is 7. The van der Waals surface area contributed by atoms with E-state index in [1.807, 2.05) is 42.6 Å². The fraction of sp³-hybridized carbons (Fsp3) is 0.222. The molecule has 2 atom stereocenters. The highest BCUT2D eigenvalue weighted by Gasteiger charge is 2.27. The van der Waals surface area contributed by atoms with Crippen molar-refractivity contribution < 1.29 is 9.84 Å². The zero-order valence-corrected chi connectivity index (χ0v) is 18.9. The number of nitrogens with zero attached hydrogens (tertiary/aromatic N) is 5. The van der Waals surface area contributed by atoms with Crippen molar-refractivity contribution in [1.29, 1.82) is 0 Å². The zero-order chi connectivity index (χ0) is 23.8. The van der Waals surface area contributed by atoms with Crippen molar-refractivity contribution in [2.45, 2.75) is 25.0 Å². The number of hydrogen-bond donors (Lipinski definition) is 1. The quantitative estimate of drug-likeness (QED) is 0.406. The Kier molecular flexibility index (Phi) is 5.52. The molecule has 1 aliphatic rings. The molecular weight excluding hydrogens is 442 g/mol. The van der Waals surface area contributed by atoms with Crippen LogP contribution in [0.25, 0.3) is 33.1 Å². The third-order valence-electron chi connectivity index (χ3n) is 6.57. The van der Waals surface area contributed by atoms with Gasteiger partial charge in [0, 0.05) is 30.6 Å². The van der Waals surface area contributed by atoms with Crippen molar-refractivity contribution >= 4 is 21.7 Å². The van der Waals surface area contributed by atoms with E-state index in [2.05, 4.69) is 26.0 Å². The molecule has 1 fully saturated rings. The Morgan fingerprint density at radius 2 is 1.86 bits per heavy atom. The molecule has 0 amide bonds. The first-order chi connectivity index (χ1) is 17.2. The van der Waals surface area contributed by atoms with Gasteiger partial charge in [-0.05, 0) is 41.5 Å². The number of aromatic nitrogens is 5. The van der Waals surface area contributed by atoms with Gasteiger partial charge in [0.1, 0.15) is 5.69 Å². The molecule has 2 aromatic carbocycles. The van der Waals surface area contributed by atoms with Gasteiger partial charge in [0.25, 0.3) is 5.56 Å². The van der Waals surface area contributed by atoms with Gasteiger partial charge < -0.3 is 9.84 Å². The smallest absolute Gasteiger partial charge is 0.261 e. The van der Waals surface area contributed by atoms with Crippen molar-refractivity contribution in [3.63, 3.8) is 0 Å². The largest absolute Gasteiger partial charge is 0.389 e. The van der Waals surface area contributed by atoms with E-state index >= 15 is 0 Å². The molecule has 6 rings (SSSR count).